The molecule has 0 aromatic carbocycles. The summed E-state index contributed by atoms with van der Waals surface area (Å²) in [7, 11) is 0. The van der Waals surface area contributed by atoms with Crippen molar-refractivity contribution < 1.29 is 4.73 Å². The van der Waals surface area contributed by atoms with Crippen LogP contribution in [0.3, 0.4) is 0 Å². The molecule has 0 aliphatic carbocycles. The van der Waals surface area contributed by atoms with Crippen LogP contribution >= 0.6 is 11.8 Å². The van der Waals surface area contributed by atoms with Gasteiger partial charge in [0.2, 0.25) is 0 Å². The lowest BCUT2D eigenvalue weighted by Gasteiger charge is -2.02. The molecule has 1 heterocycles. The molecule has 0 unspecified atom stereocenters. The zero-order chi connectivity index (χ0) is 9.52. The summed E-state index contributed by atoms with van der Waals surface area (Å²) in [6.45, 7) is 0.729. The summed E-state index contributed by atoms with van der Waals surface area (Å²) in [5.41, 5.74) is 5.36. The van der Waals surface area contributed by atoms with E-state index in [1.165, 1.54) is 6.20 Å². The minimum Gasteiger partial charge on any atom is -0.618 e. The van der Waals surface area contributed by atoms with E-state index in [1.54, 1.807) is 17.8 Å². The third-order valence-corrected chi connectivity index (χ3v) is 2.74. The van der Waals surface area contributed by atoms with Crippen LogP contribution in [-0.4, -0.2) is 12.3 Å². The number of rotatable bonds is 5. The number of aromatic nitrogens is 1. The van der Waals surface area contributed by atoms with E-state index in [0.29, 0.717) is 0 Å². The lowest BCUT2D eigenvalue weighted by atomic mass is 10.3. The number of thioether (sulfide) groups is 1. The first-order valence-electron chi connectivity index (χ1n) is 4.35. The molecule has 0 spiro atoms. The Bertz CT molecular complexity index is 255. The van der Waals surface area contributed by atoms with Crippen molar-refractivity contribution in [1.29, 1.82) is 0 Å². The third kappa shape index (κ3) is 3.65. The molecule has 0 bridgehead atoms. The van der Waals surface area contributed by atoms with Gasteiger partial charge in [-0.2, -0.15) is 4.73 Å². The van der Waals surface area contributed by atoms with Crippen LogP contribution in [-0.2, 0) is 0 Å². The van der Waals surface area contributed by atoms with Crippen molar-refractivity contribution >= 4 is 11.8 Å². The first-order chi connectivity index (χ1) is 6.34. The Morgan fingerprint density at radius 2 is 2.23 bits per heavy atom. The summed E-state index contributed by atoms with van der Waals surface area (Å²) in [6, 6.07) is 5.44. The predicted molar refractivity (Wildman–Crippen MR) is 54.4 cm³/mol. The largest absolute Gasteiger partial charge is 0.618 e. The summed E-state index contributed by atoms with van der Waals surface area (Å²) in [4.78, 5) is 0. The van der Waals surface area contributed by atoms with E-state index < -0.39 is 0 Å². The van der Waals surface area contributed by atoms with E-state index in [0.717, 1.165) is 34.9 Å². The van der Waals surface area contributed by atoms with Crippen molar-refractivity contribution in [3.63, 3.8) is 0 Å². The highest BCUT2D eigenvalue weighted by molar-refractivity contribution is 7.99. The summed E-state index contributed by atoms with van der Waals surface area (Å²) in [5, 5.41) is 11.9. The summed E-state index contributed by atoms with van der Waals surface area (Å²) >= 11 is 1.58. The summed E-state index contributed by atoms with van der Waals surface area (Å²) in [6.07, 6.45) is 3.61. The van der Waals surface area contributed by atoms with Gasteiger partial charge in [-0.15, -0.1) is 0 Å². The Morgan fingerprint density at radius 1 is 1.38 bits per heavy atom. The number of pyridine rings is 1. The van der Waals surface area contributed by atoms with Gasteiger partial charge in [0.1, 0.15) is 0 Å². The van der Waals surface area contributed by atoms with E-state index >= 15 is 0 Å². The molecule has 0 radical (unpaired) electrons. The van der Waals surface area contributed by atoms with Gasteiger partial charge in [-0.3, -0.25) is 0 Å². The minimum atomic E-state index is 0.729. The number of hydrogen-bond donors (Lipinski definition) is 1. The zero-order valence-electron chi connectivity index (χ0n) is 7.48. The van der Waals surface area contributed by atoms with Crippen LogP contribution in [0.25, 0.3) is 0 Å². The van der Waals surface area contributed by atoms with Crippen molar-refractivity contribution in [2.24, 2.45) is 5.73 Å². The highest BCUT2D eigenvalue weighted by Crippen LogP contribution is 2.13. The van der Waals surface area contributed by atoms with E-state index in [2.05, 4.69) is 0 Å². The van der Waals surface area contributed by atoms with Crippen LogP contribution in [0.5, 0.6) is 0 Å². The molecule has 4 heteroatoms. The standard InChI is InChI=1S/C9H14N2OS/c10-6-2-4-8-13-9-5-1-3-7-11(9)12/h1,3,5,7H,2,4,6,8,10H2. The number of unbranched alkanes of at least 4 members (excludes halogenated alkanes) is 1. The van der Waals surface area contributed by atoms with E-state index in [1.807, 2.05) is 12.1 Å². The number of nitrogens with two attached hydrogens (primary N) is 1. The highest BCUT2D eigenvalue weighted by atomic mass is 32.2. The maximum atomic E-state index is 11.2. The molecule has 0 aliphatic heterocycles. The molecule has 0 fully saturated rings. The smallest absolute Gasteiger partial charge is 0.251 e. The van der Waals surface area contributed by atoms with Crippen LogP contribution < -0.4 is 10.5 Å². The number of hydrogen-bond acceptors (Lipinski definition) is 3. The topological polar surface area (TPSA) is 53.0 Å². The lowest BCUT2D eigenvalue weighted by molar-refractivity contribution is -0.645. The lowest BCUT2D eigenvalue weighted by Crippen LogP contribution is -2.27. The van der Waals surface area contributed by atoms with Gasteiger partial charge < -0.3 is 10.9 Å². The molecule has 2 N–H and O–H groups in total. The van der Waals surface area contributed by atoms with Gasteiger partial charge in [0, 0.05) is 17.9 Å². The van der Waals surface area contributed by atoms with Crippen molar-refractivity contribution in [3.05, 3.63) is 29.6 Å². The Labute approximate surface area is 82.5 Å². The Hall–Kier alpha value is -0.740. The zero-order valence-corrected chi connectivity index (χ0v) is 8.30. The maximum absolute atomic E-state index is 11.2. The molecule has 72 valence electrons. The Morgan fingerprint density at radius 3 is 2.92 bits per heavy atom. The van der Waals surface area contributed by atoms with Crippen LogP contribution in [0.2, 0.25) is 0 Å². The molecule has 0 aliphatic rings. The SMILES string of the molecule is NCCCCSc1cccc[n+]1[O-]. The van der Waals surface area contributed by atoms with Gasteiger partial charge in [0.15, 0.2) is 6.20 Å². The van der Waals surface area contributed by atoms with Crippen LogP contribution in [0.1, 0.15) is 12.8 Å². The molecule has 0 amide bonds. The van der Waals surface area contributed by atoms with Gasteiger partial charge in [0.05, 0.1) is 0 Å². The number of nitrogens with zero attached hydrogens (tertiary/aromatic N) is 1. The van der Waals surface area contributed by atoms with Crippen LogP contribution in [0.15, 0.2) is 29.4 Å². The van der Waals surface area contributed by atoms with Crippen molar-refractivity contribution in [2.75, 3.05) is 12.3 Å². The molecule has 1 aromatic heterocycles. The van der Waals surface area contributed by atoms with E-state index in [4.69, 9.17) is 5.73 Å². The van der Waals surface area contributed by atoms with Gasteiger partial charge >= 0.3 is 0 Å². The van der Waals surface area contributed by atoms with Gasteiger partial charge in [-0.05, 0) is 25.5 Å². The monoisotopic (exact) mass is 198 g/mol. The fourth-order valence-corrected chi connectivity index (χ4v) is 1.87. The first-order valence-corrected chi connectivity index (χ1v) is 5.34. The molecule has 13 heavy (non-hydrogen) atoms. The minimum absolute atomic E-state index is 0.729. The average Bonchev–Trinajstić information content (AvgIpc) is 2.15. The molecule has 1 aromatic rings. The van der Waals surface area contributed by atoms with E-state index in [-0.39, 0.29) is 0 Å². The maximum Gasteiger partial charge on any atom is 0.251 e. The molecule has 0 saturated heterocycles. The molecule has 0 saturated carbocycles. The molecule has 0 atom stereocenters. The fraction of sp³-hybridized carbons (Fsp3) is 0.444. The second-order valence-corrected chi connectivity index (χ2v) is 3.82. The first kappa shape index (κ1) is 10.3. The fourth-order valence-electron chi connectivity index (χ4n) is 0.948. The predicted octanol–water partition coefficient (Wildman–Crippen LogP) is 1.15. The Balaban J connectivity index is 2.32. The third-order valence-electron chi connectivity index (χ3n) is 1.64. The van der Waals surface area contributed by atoms with Gasteiger partial charge in [0.25, 0.3) is 5.03 Å². The molecular formula is C9H14N2OS. The second kappa shape index (κ2) is 5.83. The van der Waals surface area contributed by atoms with Crippen molar-refractivity contribution in [1.82, 2.24) is 0 Å². The Kier molecular flexibility index (Phi) is 4.64. The summed E-state index contributed by atoms with van der Waals surface area (Å²) < 4.78 is 0.896. The van der Waals surface area contributed by atoms with Crippen molar-refractivity contribution in [2.45, 2.75) is 17.9 Å². The van der Waals surface area contributed by atoms with Gasteiger partial charge in [-0.25, -0.2) is 0 Å². The average molecular weight is 198 g/mol. The quantitative estimate of drug-likeness (QED) is 0.334. The molecule has 1 rings (SSSR count). The normalized spacial score (nSPS) is 10.2. The van der Waals surface area contributed by atoms with E-state index in [9.17, 15) is 5.21 Å². The van der Waals surface area contributed by atoms with Crippen LogP contribution in [0, 0.1) is 5.21 Å². The van der Waals surface area contributed by atoms with Gasteiger partial charge in [-0.1, -0.05) is 11.8 Å². The molecular weight excluding hydrogens is 184 g/mol. The second-order valence-electron chi connectivity index (χ2n) is 2.71. The van der Waals surface area contributed by atoms with Crippen molar-refractivity contribution in [3.8, 4) is 0 Å². The summed E-state index contributed by atoms with van der Waals surface area (Å²) in [5.74, 6) is 0.962. The van der Waals surface area contributed by atoms with Crippen LogP contribution in [0.4, 0.5) is 0 Å². The highest BCUT2D eigenvalue weighted by Gasteiger charge is 2.02. The molecule has 3 nitrogen and oxygen atoms in total.